The first kappa shape index (κ1) is 11.1. The number of benzene rings is 1. The number of aromatic nitrogens is 2. The highest BCUT2D eigenvalue weighted by Crippen LogP contribution is 2.12. The first-order chi connectivity index (χ1) is 8.13. The van der Waals surface area contributed by atoms with Crippen molar-refractivity contribution in [2.45, 2.75) is 6.54 Å². The van der Waals surface area contributed by atoms with Gasteiger partial charge >= 0.3 is 5.69 Å². The molecule has 2 aromatic rings. The van der Waals surface area contributed by atoms with Gasteiger partial charge in [0.1, 0.15) is 11.9 Å². The predicted molar refractivity (Wildman–Crippen MR) is 59.9 cm³/mol. The lowest BCUT2D eigenvalue weighted by atomic mass is 10.1. The van der Waals surface area contributed by atoms with Crippen molar-refractivity contribution in [2.24, 2.45) is 7.05 Å². The van der Waals surface area contributed by atoms with Crippen molar-refractivity contribution in [3.8, 4) is 6.07 Å². The van der Waals surface area contributed by atoms with Crippen LogP contribution in [0.1, 0.15) is 11.1 Å². The number of halogens is 1. The molecule has 0 aliphatic rings. The Bertz CT molecular complexity index is 649. The minimum atomic E-state index is -0.564. The van der Waals surface area contributed by atoms with Gasteiger partial charge in [0.15, 0.2) is 0 Å². The molecule has 1 heterocycles. The van der Waals surface area contributed by atoms with Crippen molar-refractivity contribution >= 4 is 0 Å². The number of nitrogens with zero attached hydrogens (tertiary/aromatic N) is 3. The van der Waals surface area contributed by atoms with Crippen LogP contribution in [0.3, 0.4) is 0 Å². The summed E-state index contributed by atoms with van der Waals surface area (Å²) in [6.45, 7) is 0.126. The topological polar surface area (TPSA) is 50.7 Å². The summed E-state index contributed by atoms with van der Waals surface area (Å²) in [4.78, 5) is 11.6. The summed E-state index contributed by atoms with van der Waals surface area (Å²) in [7, 11) is 1.63. The van der Waals surface area contributed by atoms with Gasteiger partial charge in [0.05, 0.1) is 12.1 Å². The molecule has 0 fully saturated rings. The zero-order valence-corrected chi connectivity index (χ0v) is 9.22. The minimum Gasteiger partial charge on any atom is -0.302 e. The summed E-state index contributed by atoms with van der Waals surface area (Å²) in [6, 6.07) is 6.35. The lowest BCUT2D eigenvalue weighted by Gasteiger charge is -2.04. The van der Waals surface area contributed by atoms with E-state index in [4.69, 9.17) is 5.26 Å². The number of hydrogen-bond donors (Lipinski definition) is 0. The van der Waals surface area contributed by atoms with Gasteiger partial charge in [0.25, 0.3) is 0 Å². The molecule has 1 aromatic heterocycles. The largest absolute Gasteiger partial charge is 0.328 e. The lowest BCUT2D eigenvalue weighted by molar-refractivity contribution is 0.590. The van der Waals surface area contributed by atoms with Crippen molar-refractivity contribution in [1.29, 1.82) is 5.26 Å². The molecular formula is C12H10FN3O. The SMILES string of the molecule is Cn1ccn(Cc2cccc(C#N)c2F)c1=O. The van der Waals surface area contributed by atoms with Crippen LogP contribution in [0.4, 0.5) is 4.39 Å². The van der Waals surface area contributed by atoms with Crippen LogP contribution in [-0.4, -0.2) is 9.13 Å². The van der Waals surface area contributed by atoms with Crippen LogP contribution in [0.5, 0.6) is 0 Å². The summed E-state index contributed by atoms with van der Waals surface area (Å²) in [6.07, 6.45) is 3.19. The Hall–Kier alpha value is -2.35. The van der Waals surface area contributed by atoms with Crippen LogP contribution < -0.4 is 5.69 Å². The Kier molecular flexibility index (Phi) is 2.79. The number of hydrogen-bond acceptors (Lipinski definition) is 2. The second-order valence-electron chi connectivity index (χ2n) is 3.71. The fourth-order valence-corrected chi connectivity index (χ4v) is 1.60. The molecular weight excluding hydrogens is 221 g/mol. The van der Waals surface area contributed by atoms with Crippen molar-refractivity contribution < 1.29 is 4.39 Å². The van der Waals surface area contributed by atoms with Gasteiger partial charge in [-0.3, -0.25) is 4.57 Å². The average Bonchev–Trinajstić information content (AvgIpc) is 2.64. The molecule has 86 valence electrons. The van der Waals surface area contributed by atoms with Gasteiger partial charge in [-0.2, -0.15) is 5.26 Å². The van der Waals surface area contributed by atoms with Crippen LogP contribution in [-0.2, 0) is 13.6 Å². The molecule has 0 N–H and O–H groups in total. The molecule has 5 heteroatoms. The van der Waals surface area contributed by atoms with Crippen LogP contribution >= 0.6 is 0 Å². The Morgan fingerprint density at radius 1 is 1.41 bits per heavy atom. The molecule has 1 aromatic carbocycles. The molecule has 0 amide bonds. The van der Waals surface area contributed by atoms with E-state index in [9.17, 15) is 9.18 Å². The van der Waals surface area contributed by atoms with E-state index < -0.39 is 5.82 Å². The quantitative estimate of drug-likeness (QED) is 0.781. The maximum Gasteiger partial charge on any atom is 0.328 e. The third kappa shape index (κ3) is 1.97. The number of nitriles is 1. The Labute approximate surface area is 97.2 Å². The number of imidazole rings is 1. The fourth-order valence-electron chi connectivity index (χ4n) is 1.60. The number of aryl methyl sites for hydroxylation is 1. The molecule has 0 atom stereocenters. The smallest absolute Gasteiger partial charge is 0.302 e. The molecule has 0 saturated heterocycles. The summed E-state index contributed by atoms with van der Waals surface area (Å²) in [5.41, 5.74) is 0.107. The molecule has 0 radical (unpaired) electrons. The van der Waals surface area contributed by atoms with Crippen molar-refractivity contribution in [1.82, 2.24) is 9.13 Å². The number of rotatable bonds is 2. The van der Waals surface area contributed by atoms with E-state index >= 15 is 0 Å². The van der Waals surface area contributed by atoms with Gasteiger partial charge < -0.3 is 4.57 Å². The van der Waals surface area contributed by atoms with Crippen molar-refractivity contribution in [3.63, 3.8) is 0 Å². The molecule has 2 rings (SSSR count). The normalized spacial score (nSPS) is 10.2. The molecule has 0 unspecified atom stereocenters. The third-order valence-electron chi connectivity index (χ3n) is 2.56. The predicted octanol–water partition coefficient (Wildman–Crippen LogP) is 1.25. The zero-order chi connectivity index (χ0) is 12.4. The van der Waals surface area contributed by atoms with Gasteiger partial charge in [-0.25, -0.2) is 9.18 Å². The second-order valence-corrected chi connectivity index (χ2v) is 3.71. The summed E-state index contributed by atoms with van der Waals surface area (Å²) in [5, 5.41) is 8.71. The first-order valence-electron chi connectivity index (χ1n) is 5.02. The van der Waals surface area contributed by atoms with Crippen LogP contribution in [0.2, 0.25) is 0 Å². The average molecular weight is 231 g/mol. The standard InChI is InChI=1S/C12H10FN3O/c1-15-5-6-16(12(15)17)8-10-4-2-3-9(7-14)11(10)13/h2-6H,8H2,1H3. The van der Waals surface area contributed by atoms with E-state index in [1.165, 1.54) is 15.2 Å². The van der Waals surface area contributed by atoms with E-state index in [0.29, 0.717) is 5.56 Å². The van der Waals surface area contributed by atoms with Gasteiger partial charge in [0, 0.05) is 25.0 Å². The van der Waals surface area contributed by atoms with E-state index in [2.05, 4.69) is 0 Å². The highest BCUT2D eigenvalue weighted by Gasteiger charge is 2.09. The van der Waals surface area contributed by atoms with Crippen molar-refractivity contribution in [3.05, 3.63) is 58.0 Å². The van der Waals surface area contributed by atoms with E-state index in [1.54, 1.807) is 37.6 Å². The second kappa shape index (κ2) is 4.26. The third-order valence-corrected chi connectivity index (χ3v) is 2.56. The Balaban J connectivity index is 2.41. The van der Waals surface area contributed by atoms with E-state index in [-0.39, 0.29) is 17.8 Å². The van der Waals surface area contributed by atoms with Crippen LogP contribution in [0.25, 0.3) is 0 Å². The maximum atomic E-state index is 13.8. The van der Waals surface area contributed by atoms with E-state index in [1.807, 2.05) is 0 Å². The molecule has 4 nitrogen and oxygen atoms in total. The molecule has 0 spiro atoms. The lowest BCUT2D eigenvalue weighted by Crippen LogP contribution is -2.22. The first-order valence-corrected chi connectivity index (χ1v) is 5.02. The van der Waals surface area contributed by atoms with Crippen LogP contribution in [0, 0.1) is 17.1 Å². The highest BCUT2D eigenvalue weighted by atomic mass is 19.1. The highest BCUT2D eigenvalue weighted by molar-refractivity contribution is 5.35. The summed E-state index contributed by atoms with van der Waals surface area (Å²) >= 11 is 0. The minimum absolute atomic E-state index is 0.00789. The Morgan fingerprint density at radius 3 is 2.76 bits per heavy atom. The Morgan fingerprint density at radius 2 is 2.18 bits per heavy atom. The van der Waals surface area contributed by atoms with Crippen molar-refractivity contribution in [2.75, 3.05) is 0 Å². The molecule has 0 aliphatic heterocycles. The molecule has 17 heavy (non-hydrogen) atoms. The van der Waals surface area contributed by atoms with Gasteiger partial charge in [-0.15, -0.1) is 0 Å². The van der Waals surface area contributed by atoms with Gasteiger partial charge in [-0.1, -0.05) is 12.1 Å². The monoisotopic (exact) mass is 231 g/mol. The van der Waals surface area contributed by atoms with Gasteiger partial charge in [0.2, 0.25) is 0 Å². The zero-order valence-electron chi connectivity index (χ0n) is 9.22. The maximum absolute atomic E-state index is 13.8. The fraction of sp³-hybridized carbons (Fsp3) is 0.167. The molecule has 0 aliphatic carbocycles. The summed E-state index contributed by atoms with van der Waals surface area (Å²) < 4.78 is 16.5. The molecule has 0 bridgehead atoms. The summed E-state index contributed by atoms with van der Waals surface area (Å²) in [5.74, 6) is -0.564. The van der Waals surface area contributed by atoms with E-state index in [0.717, 1.165) is 0 Å². The van der Waals surface area contributed by atoms with Gasteiger partial charge in [-0.05, 0) is 6.07 Å². The molecule has 0 saturated carbocycles. The van der Waals surface area contributed by atoms with Crippen LogP contribution in [0.15, 0.2) is 35.4 Å².